The lowest BCUT2D eigenvalue weighted by molar-refractivity contribution is -0.144. The molecular weight excluding hydrogens is 348 g/mol. The lowest BCUT2D eigenvalue weighted by Gasteiger charge is -2.41. The van der Waals surface area contributed by atoms with Crippen molar-refractivity contribution in [3.05, 3.63) is 0 Å². The first-order valence-electron chi connectivity index (χ1n) is 10.3. The first kappa shape index (κ1) is 20.5. The molecule has 0 saturated carbocycles. The first-order chi connectivity index (χ1) is 13.0. The van der Waals surface area contributed by atoms with Crippen LogP contribution in [0.25, 0.3) is 0 Å². The topological polar surface area (TPSA) is 96.3 Å². The van der Waals surface area contributed by atoms with Gasteiger partial charge in [-0.1, -0.05) is 0 Å². The molecule has 0 bridgehead atoms. The highest BCUT2D eigenvalue weighted by Gasteiger charge is 2.34. The van der Waals surface area contributed by atoms with Gasteiger partial charge in [-0.15, -0.1) is 0 Å². The summed E-state index contributed by atoms with van der Waals surface area (Å²) in [6, 6.07) is 0.668. The Balaban J connectivity index is 1.34. The Morgan fingerprint density at radius 1 is 1.00 bits per heavy atom. The van der Waals surface area contributed by atoms with Crippen LogP contribution in [-0.4, -0.2) is 107 Å². The van der Waals surface area contributed by atoms with Gasteiger partial charge in [-0.05, 0) is 38.8 Å². The van der Waals surface area contributed by atoms with Crippen molar-refractivity contribution < 1.29 is 19.8 Å². The molecule has 0 aromatic heterocycles. The van der Waals surface area contributed by atoms with Crippen LogP contribution < -0.4 is 5.32 Å². The molecule has 3 fully saturated rings. The Bertz CT molecular complexity index is 508. The van der Waals surface area contributed by atoms with E-state index in [1.54, 1.807) is 0 Å². The SMILES string of the molecule is O=C(O)CC1(O)CCN(CCC(=O)N2CCN(C3CCNCC3)CC2)CC1. The van der Waals surface area contributed by atoms with Crippen LogP contribution in [0.2, 0.25) is 0 Å². The van der Waals surface area contributed by atoms with Gasteiger partial charge in [0, 0.05) is 58.3 Å². The third-order valence-electron chi connectivity index (χ3n) is 6.40. The van der Waals surface area contributed by atoms with Crippen LogP contribution in [-0.2, 0) is 9.59 Å². The van der Waals surface area contributed by atoms with Gasteiger partial charge >= 0.3 is 5.97 Å². The predicted octanol–water partition coefficient (Wildman–Crippen LogP) is -0.426. The zero-order valence-electron chi connectivity index (χ0n) is 16.2. The number of carbonyl (C=O) groups excluding carboxylic acids is 1. The van der Waals surface area contributed by atoms with E-state index in [1.165, 1.54) is 12.8 Å². The van der Waals surface area contributed by atoms with Gasteiger partial charge in [-0.25, -0.2) is 0 Å². The minimum absolute atomic E-state index is 0.193. The Morgan fingerprint density at radius 3 is 2.22 bits per heavy atom. The Labute approximate surface area is 161 Å². The van der Waals surface area contributed by atoms with Gasteiger partial charge < -0.3 is 25.3 Å². The summed E-state index contributed by atoms with van der Waals surface area (Å²) in [6.07, 6.45) is 3.64. The number of carboxylic acid groups (broad SMARTS) is 1. The van der Waals surface area contributed by atoms with E-state index in [0.717, 1.165) is 39.3 Å². The van der Waals surface area contributed by atoms with Crippen molar-refractivity contribution >= 4 is 11.9 Å². The number of likely N-dealkylation sites (tertiary alicyclic amines) is 1. The zero-order valence-corrected chi connectivity index (χ0v) is 16.2. The molecule has 0 aromatic carbocycles. The fraction of sp³-hybridized carbons (Fsp3) is 0.895. The summed E-state index contributed by atoms with van der Waals surface area (Å²) in [5, 5.41) is 22.6. The molecule has 3 saturated heterocycles. The summed E-state index contributed by atoms with van der Waals surface area (Å²) < 4.78 is 0. The number of hydrogen-bond donors (Lipinski definition) is 3. The fourth-order valence-electron chi connectivity index (χ4n) is 4.57. The average Bonchev–Trinajstić information content (AvgIpc) is 2.67. The normalized spacial score (nSPS) is 25.4. The molecule has 0 aromatic rings. The third-order valence-corrected chi connectivity index (χ3v) is 6.40. The smallest absolute Gasteiger partial charge is 0.306 e. The van der Waals surface area contributed by atoms with E-state index >= 15 is 0 Å². The van der Waals surface area contributed by atoms with Gasteiger partial charge in [0.15, 0.2) is 0 Å². The second-order valence-electron chi connectivity index (χ2n) is 8.28. The van der Waals surface area contributed by atoms with Crippen LogP contribution >= 0.6 is 0 Å². The van der Waals surface area contributed by atoms with Crippen LogP contribution in [0.5, 0.6) is 0 Å². The number of carbonyl (C=O) groups is 2. The van der Waals surface area contributed by atoms with Crippen molar-refractivity contribution in [3.63, 3.8) is 0 Å². The lowest BCUT2D eigenvalue weighted by Crippen LogP contribution is -2.54. The van der Waals surface area contributed by atoms with E-state index in [2.05, 4.69) is 15.1 Å². The molecule has 27 heavy (non-hydrogen) atoms. The van der Waals surface area contributed by atoms with Crippen LogP contribution in [0.1, 0.15) is 38.5 Å². The van der Waals surface area contributed by atoms with Crippen LogP contribution in [0.4, 0.5) is 0 Å². The van der Waals surface area contributed by atoms with Crippen LogP contribution in [0, 0.1) is 0 Å². The number of nitrogens with one attached hydrogen (secondary N) is 1. The minimum Gasteiger partial charge on any atom is -0.481 e. The number of nitrogens with zero attached hydrogens (tertiary/aromatic N) is 3. The molecule has 0 unspecified atom stereocenters. The quantitative estimate of drug-likeness (QED) is 0.574. The number of hydrogen-bond acceptors (Lipinski definition) is 6. The van der Waals surface area contributed by atoms with E-state index in [0.29, 0.717) is 44.9 Å². The van der Waals surface area contributed by atoms with Crippen molar-refractivity contribution in [2.75, 3.05) is 58.9 Å². The molecule has 3 N–H and O–H groups in total. The molecule has 3 aliphatic heterocycles. The van der Waals surface area contributed by atoms with Crippen LogP contribution in [0.15, 0.2) is 0 Å². The van der Waals surface area contributed by atoms with Gasteiger partial charge in [0.1, 0.15) is 0 Å². The highest BCUT2D eigenvalue weighted by molar-refractivity contribution is 5.76. The molecule has 1 amide bonds. The Kier molecular flexibility index (Phi) is 7.08. The highest BCUT2D eigenvalue weighted by atomic mass is 16.4. The zero-order chi connectivity index (χ0) is 19.3. The molecule has 0 aliphatic carbocycles. The summed E-state index contributed by atoms with van der Waals surface area (Å²) in [6.45, 7) is 7.78. The van der Waals surface area contributed by atoms with Crippen molar-refractivity contribution in [2.45, 2.75) is 50.2 Å². The molecule has 154 valence electrons. The molecule has 3 aliphatic rings. The molecule has 3 heterocycles. The fourth-order valence-corrected chi connectivity index (χ4v) is 4.57. The molecule has 0 radical (unpaired) electrons. The number of amides is 1. The van der Waals surface area contributed by atoms with Crippen molar-refractivity contribution in [1.82, 2.24) is 20.0 Å². The maximum atomic E-state index is 12.5. The highest BCUT2D eigenvalue weighted by Crippen LogP contribution is 2.25. The summed E-state index contributed by atoms with van der Waals surface area (Å²) in [4.78, 5) is 30.1. The first-order valence-corrected chi connectivity index (χ1v) is 10.3. The molecule has 3 rings (SSSR count). The number of piperazine rings is 1. The largest absolute Gasteiger partial charge is 0.481 e. The van der Waals surface area contributed by atoms with Crippen molar-refractivity contribution in [1.29, 1.82) is 0 Å². The Morgan fingerprint density at radius 2 is 1.63 bits per heavy atom. The number of piperidine rings is 2. The molecular formula is C19H34N4O4. The number of aliphatic hydroxyl groups is 1. The molecule has 0 spiro atoms. The molecule has 8 nitrogen and oxygen atoms in total. The van der Waals surface area contributed by atoms with Gasteiger partial charge in [0.2, 0.25) is 5.91 Å². The summed E-state index contributed by atoms with van der Waals surface area (Å²) in [5.41, 5.74) is -1.09. The van der Waals surface area contributed by atoms with E-state index in [-0.39, 0.29) is 12.3 Å². The number of aliphatic carboxylic acids is 1. The lowest BCUT2D eigenvalue weighted by atomic mass is 9.88. The van der Waals surface area contributed by atoms with Gasteiger partial charge in [-0.2, -0.15) is 0 Å². The van der Waals surface area contributed by atoms with E-state index in [1.807, 2.05) is 4.90 Å². The van der Waals surface area contributed by atoms with Gasteiger partial charge in [0.25, 0.3) is 0 Å². The van der Waals surface area contributed by atoms with E-state index in [9.17, 15) is 14.7 Å². The summed E-state index contributed by atoms with van der Waals surface area (Å²) in [5.74, 6) is -0.740. The number of carboxylic acids is 1. The third kappa shape index (κ3) is 5.88. The monoisotopic (exact) mass is 382 g/mol. The summed E-state index contributed by atoms with van der Waals surface area (Å²) >= 11 is 0. The Hall–Kier alpha value is -1.22. The number of rotatable bonds is 6. The second-order valence-corrected chi connectivity index (χ2v) is 8.28. The van der Waals surface area contributed by atoms with Crippen molar-refractivity contribution in [3.8, 4) is 0 Å². The second kappa shape index (κ2) is 9.32. The molecule has 0 atom stereocenters. The van der Waals surface area contributed by atoms with E-state index < -0.39 is 11.6 Å². The van der Waals surface area contributed by atoms with Crippen molar-refractivity contribution in [2.24, 2.45) is 0 Å². The minimum atomic E-state index is -1.09. The standard InChI is InChI=1S/C19H34N4O4/c24-17(3-8-21-9-4-19(27,5-10-21)15-18(25)26)23-13-11-22(12-14-23)16-1-6-20-7-2-16/h16,20,27H,1-15H2,(H,25,26). The van der Waals surface area contributed by atoms with E-state index in [4.69, 9.17) is 5.11 Å². The predicted molar refractivity (Wildman–Crippen MR) is 102 cm³/mol. The average molecular weight is 383 g/mol. The molecule has 8 heteroatoms. The van der Waals surface area contributed by atoms with Gasteiger partial charge in [0.05, 0.1) is 12.0 Å². The van der Waals surface area contributed by atoms with Crippen LogP contribution in [0.3, 0.4) is 0 Å². The maximum absolute atomic E-state index is 12.5. The maximum Gasteiger partial charge on any atom is 0.306 e. The van der Waals surface area contributed by atoms with Gasteiger partial charge in [-0.3, -0.25) is 14.5 Å². The summed E-state index contributed by atoms with van der Waals surface area (Å²) in [7, 11) is 0.